The predicted octanol–water partition coefficient (Wildman–Crippen LogP) is 5.49. The number of pyridine rings is 3. The van der Waals surface area contributed by atoms with Crippen LogP contribution in [0.4, 0.5) is 17.3 Å². The summed E-state index contributed by atoms with van der Waals surface area (Å²) in [5, 5.41) is 4.52. The second kappa shape index (κ2) is 7.56. The number of nitrogens with zero attached hydrogens (tertiary/aromatic N) is 4. The second-order valence-electron chi connectivity index (χ2n) is 7.02. The highest BCUT2D eigenvalue weighted by Crippen LogP contribution is 2.33. The summed E-state index contributed by atoms with van der Waals surface area (Å²) in [6.45, 7) is 2.21. The first-order valence-corrected chi connectivity index (χ1v) is 10.5. The zero-order valence-electron chi connectivity index (χ0n) is 15.5. The Hall–Kier alpha value is -2.99. The number of anilines is 3. The van der Waals surface area contributed by atoms with Crippen LogP contribution >= 0.6 is 11.3 Å². The lowest BCUT2D eigenvalue weighted by Gasteiger charge is -2.27. The highest BCUT2D eigenvalue weighted by atomic mass is 32.1. The van der Waals surface area contributed by atoms with E-state index in [9.17, 15) is 0 Å². The van der Waals surface area contributed by atoms with Crippen molar-refractivity contribution in [3.05, 3.63) is 61.1 Å². The van der Waals surface area contributed by atoms with Crippen LogP contribution in [0.25, 0.3) is 20.7 Å². The normalized spacial score (nSPS) is 14.4. The number of aromatic nitrogens is 3. The molecule has 140 valence electrons. The minimum atomic E-state index is 0.833. The Morgan fingerprint density at radius 2 is 1.89 bits per heavy atom. The third-order valence-electron chi connectivity index (χ3n) is 5.03. The Morgan fingerprint density at radius 1 is 0.964 bits per heavy atom. The van der Waals surface area contributed by atoms with Crippen LogP contribution in [0.1, 0.15) is 19.3 Å². The molecule has 0 amide bonds. The Kier molecular flexibility index (Phi) is 4.62. The molecule has 0 aromatic carbocycles. The maximum atomic E-state index is 4.78. The van der Waals surface area contributed by atoms with Crippen LogP contribution in [0.3, 0.4) is 0 Å². The molecule has 1 fully saturated rings. The van der Waals surface area contributed by atoms with Gasteiger partial charge in [-0.05, 0) is 55.7 Å². The van der Waals surface area contributed by atoms with Gasteiger partial charge < -0.3 is 10.2 Å². The van der Waals surface area contributed by atoms with Gasteiger partial charge in [0.25, 0.3) is 0 Å². The summed E-state index contributed by atoms with van der Waals surface area (Å²) >= 11 is 1.68. The average Bonchev–Trinajstić information content (AvgIpc) is 3.19. The topological polar surface area (TPSA) is 53.9 Å². The number of nitrogens with one attached hydrogen (secondary N) is 1. The van der Waals surface area contributed by atoms with E-state index in [1.807, 2.05) is 24.5 Å². The summed E-state index contributed by atoms with van der Waals surface area (Å²) in [5.74, 6) is 1.90. The van der Waals surface area contributed by atoms with E-state index in [1.54, 1.807) is 17.5 Å². The molecule has 0 radical (unpaired) electrons. The standard InChI is InChI=1S/C22H21N5S/c1-2-11-27(12-3-1)21-9-7-18(15-24-21)25-20-8-6-16-13-19(28-22(16)26-20)17-5-4-10-23-14-17/h4-10,13-15H,1-3,11-12H2,(H,25,26). The third-order valence-corrected chi connectivity index (χ3v) is 6.12. The number of piperidine rings is 1. The average molecular weight is 388 g/mol. The molecule has 4 aromatic rings. The Balaban J connectivity index is 1.35. The molecule has 0 saturated carbocycles. The van der Waals surface area contributed by atoms with Crippen molar-refractivity contribution < 1.29 is 0 Å². The molecular formula is C22H21N5S. The lowest BCUT2D eigenvalue weighted by atomic mass is 10.1. The van der Waals surface area contributed by atoms with Crippen molar-refractivity contribution in [1.29, 1.82) is 0 Å². The fraction of sp³-hybridized carbons (Fsp3) is 0.227. The van der Waals surface area contributed by atoms with Gasteiger partial charge in [0.1, 0.15) is 16.5 Å². The van der Waals surface area contributed by atoms with Crippen LogP contribution < -0.4 is 10.2 Å². The molecule has 0 bridgehead atoms. The van der Waals surface area contributed by atoms with Gasteiger partial charge in [-0.25, -0.2) is 9.97 Å². The molecule has 5 heterocycles. The quantitative estimate of drug-likeness (QED) is 0.502. The van der Waals surface area contributed by atoms with Gasteiger partial charge in [0.05, 0.1) is 11.9 Å². The van der Waals surface area contributed by atoms with E-state index in [1.165, 1.54) is 24.1 Å². The zero-order valence-corrected chi connectivity index (χ0v) is 16.3. The monoisotopic (exact) mass is 387 g/mol. The van der Waals surface area contributed by atoms with E-state index < -0.39 is 0 Å². The molecule has 5 nitrogen and oxygen atoms in total. The van der Waals surface area contributed by atoms with Crippen molar-refractivity contribution in [1.82, 2.24) is 15.0 Å². The number of fused-ring (bicyclic) bond motifs is 1. The van der Waals surface area contributed by atoms with Gasteiger partial charge in [0, 0.05) is 41.3 Å². The number of thiophene rings is 1. The van der Waals surface area contributed by atoms with Gasteiger partial charge in [-0.1, -0.05) is 6.07 Å². The van der Waals surface area contributed by atoms with Crippen molar-refractivity contribution in [2.75, 3.05) is 23.3 Å². The third kappa shape index (κ3) is 3.55. The predicted molar refractivity (Wildman–Crippen MR) is 116 cm³/mol. The molecule has 0 atom stereocenters. The van der Waals surface area contributed by atoms with Crippen LogP contribution in [0.5, 0.6) is 0 Å². The maximum absolute atomic E-state index is 4.78. The summed E-state index contributed by atoms with van der Waals surface area (Å²) in [6.07, 6.45) is 9.42. The van der Waals surface area contributed by atoms with Crippen LogP contribution in [-0.4, -0.2) is 28.0 Å². The zero-order chi connectivity index (χ0) is 18.8. The molecule has 0 spiro atoms. The Bertz CT molecular complexity index is 1070. The molecule has 28 heavy (non-hydrogen) atoms. The van der Waals surface area contributed by atoms with Gasteiger partial charge >= 0.3 is 0 Å². The maximum Gasteiger partial charge on any atom is 0.132 e. The van der Waals surface area contributed by atoms with Gasteiger partial charge in [-0.3, -0.25) is 4.98 Å². The summed E-state index contributed by atoms with van der Waals surface area (Å²) in [6, 6.07) is 14.5. The first-order chi connectivity index (χ1) is 13.8. The van der Waals surface area contributed by atoms with E-state index in [0.29, 0.717) is 0 Å². The van der Waals surface area contributed by atoms with E-state index >= 15 is 0 Å². The summed E-state index contributed by atoms with van der Waals surface area (Å²) in [4.78, 5) is 18.2. The minimum absolute atomic E-state index is 0.833. The largest absolute Gasteiger partial charge is 0.357 e. The molecule has 6 heteroatoms. The molecule has 4 aromatic heterocycles. The van der Waals surface area contributed by atoms with Gasteiger partial charge in [-0.15, -0.1) is 11.3 Å². The molecule has 0 unspecified atom stereocenters. The highest BCUT2D eigenvalue weighted by molar-refractivity contribution is 7.21. The summed E-state index contributed by atoms with van der Waals surface area (Å²) < 4.78 is 0. The van der Waals surface area contributed by atoms with Crippen molar-refractivity contribution >= 4 is 38.9 Å². The molecule has 5 rings (SSSR count). The van der Waals surface area contributed by atoms with Crippen molar-refractivity contribution in [3.8, 4) is 10.4 Å². The molecule has 1 aliphatic rings. The summed E-state index contributed by atoms with van der Waals surface area (Å²) in [5.41, 5.74) is 2.08. The molecule has 1 N–H and O–H groups in total. The SMILES string of the molecule is c1cncc(-c2cc3ccc(Nc4ccc(N5CCCCC5)nc4)nc3s2)c1. The minimum Gasteiger partial charge on any atom is -0.357 e. The number of rotatable bonds is 4. The fourth-order valence-corrected chi connectivity index (χ4v) is 4.58. The van der Waals surface area contributed by atoms with Crippen LogP contribution in [-0.2, 0) is 0 Å². The molecular weight excluding hydrogens is 366 g/mol. The molecule has 1 saturated heterocycles. The smallest absolute Gasteiger partial charge is 0.132 e. The Labute approximate surface area is 168 Å². The van der Waals surface area contributed by atoms with Crippen LogP contribution in [0, 0.1) is 0 Å². The first kappa shape index (κ1) is 17.1. The van der Waals surface area contributed by atoms with Crippen molar-refractivity contribution in [2.45, 2.75) is 19.3 Å². The Morgan fingerprint density at radius 3 is 2.68 bits per heavy atom. The number of hydrogen-bond donors (Lipinski definition) is 1. The molecule has 1 aliphatic heterocycles. The van der Waals surface area contributed by atoms with E-state index in [4.69, 9.17) is 4.98 Å². The van der Waals surface area contributed by atoms with Crippen molar-refractivity contribution in [3.63, 3.8) is 0 Å². The lowest BCUT2D eigenvalue weighted by molar-refractivity contribution is 0.573. The van der Waals surface area contributed by atoms with E-state index in [2.05, 4.69) is 50.5 Å². The summed E-state index contributed by atoms with van der Waals surface area (Å²) in [7, 11) is 0. The first-order valence-electron chi connectivity index (χ1n) is 9.64. The lowest BCUT2D eigenvalue weighted by Crippen LogP contribution is -2.29. The second-order valence-corrected chi connectivity index (χ2v) is 8.05. The van der Waals surface area contributed by atoms with Gasteiger partial charge in [0.15, 0.2) is 0 Å². The van der Waals surface area contributed by atoms with E-state index in [-0.39, 0.29) is 0 Å². The fourth-order valence-electron chi connectivity index (χ4n) is 3.56. The van der Waals surface area contributed by atoms with Gasteiger partial charge in [0.2, 0.25) is 0 Å². The highest BCUT2D eigenvalue weighted by Gasteiger charge is 2.12. The van der Waals surface area contributed by atoms with Crippen molar-refractivity contribution in [2.24, 2.45) is 0 Å². The van der Waals surface area contributed by atoms with Gasteiger partial charge in [-0.2, -0.15) is 0 Å². The molecule has 0 aliphatic carbocycles. The van der Waals surface area contributed by atoms with Crippen LogP contribution in [0.15, 0.2) is 61.1 Å². The number of hydrogen-bond acceptors (Lipinski definition) is 6. The van der Waals surface area contributed by atoms with Crippen LogP contribution in [0.2, 0.25) is 0 Å². The van der Waals surface area contributed by atoms with E-state index in [0.717, 1.165) is 46.2 Å².